The van der Waals surface area contributed by atoms with E-state index < -0.39 is 11.8 Å². The number of nitrogens with two attached hydrogens (primary N) is 1. The molecule has 0 spiro atoms. The Morgan fingerprint density at radius 2 is 2.00 bits per heavy atom. The highest BCUT2D eigenvalue weighted by Crippen LogP contribution is 2.20. The summed E-state index contributed by atoms with van der Waals surface area (Å²) in [5.41, 5.74) is 5.88. The molecule has 1 aromatic carbocycles. The first kappa shape index (κ1) is 10.7. The van der Waals surface area contributed by atoms with E-state index in [0.717, 1.165) is 0 Å². The molecule has 1 unspecified atom stereocenters. The number of hydrogen-bond acceptors (Lipinski definition) is 2. The number of halogens is 1. The van der Waals surface area contributed by atoms with E-state index in [0.29, 0.717) is 16.9 Å². The Labute approximate surface area is 86.9 Å². The number of carbonyl (C=O) groups excluding carboxylic acids is 2. The Morgan fingerprint density at radius 3 is 2.43 bits per heavy atom. The molecule has 0 saturated heterocycles. The predicted molar refractivity (Wildman–Crippen MR) is 54.1 cm³/mol. The van der Waals surface area contributed by atoms with Crippen molar-refractivity contribution in [3.63, 3.8) is 0 Å². The highest BCUT2D eigenvalue weighted by molar-refractivity contribution is 6.30. The van der Waals surface area contributed by atoms with Gasteiger partial charge in [0.2, 0.25) is 5.91 Å². The molecule has 14 heavy (non-hydrogen) atoms. The fraction of sp³-hybridized carbons (Fsp3) is 0.200. The largest absolute Gasteiger partial charge is 0.369 e. The molecular formula is C10H10ClNO2. The lowest BCUT2D eigenvalue weighted by molar-refractivity contribution is -0.121. The van der Waals surface area contributed by atoms with Gasteiger partial charge in [0.15, 0.2) is 0 Å². The summed E-state index contributed by atoms with van der Waals surface area (Å²) in [6, 6.07) is 6.72. The van der Waals surface area contributed by atoms with E-state index in [-0.39, 0.29) is 6.42 Å². The van der Waals surface area contributed by atoms with E-state index in [9.17, 15) is 9.59 Å². The summed E-state index contributed by atoms with van der Waals surface area (Å²) in [6.07, 6.45) is 0.793. The lowest BCUT2D eigenvalue weighted by Crippen LogP contribution is -2.21. The maximum atomic E-state index is 11.0. The molecule has 0 fully saturated rings. The van der Waals surface area contributed by atoms with E-state index in [2.05, 4.69) is 0 Å². The van der Waals surface area contributed by atoms with Crippen molar-refractivity contribution in [3.8, 4) is 0 Å². The van der Waals surface area contributed by atoms with Crippen LogP contribution in [0, 0.1) is 0 Å². The number of benzene rings is 1. The highest BCUT2D eigenvalue weighted by Gasteiger charge is 2.16. The van der Waals surface area contributed by atoms with Crippen LogP contribution in [-0.2, 0) is 9.59 Å². The molecule has 0 heterocycles. The third-order valence-electron chi connectivity index (χ3n) is 1.95. The second-order valence-corrected chi connectivity index (χ2v) is 3.35. The zero-order chi connectivity index (χ0) is 10.6. The maximum absolute atomic E-state index is 11.0. The number of aldehydes is 1. The van der Waals surface area contributed by atoms with Gasteiger partial charge in [-0.1, -0.05) is 23.7 Å². The molecule has 2 N–H and O–H groups in total. The Kier molecular flexibility index (Phi) is 3.65. The quantitative estimate of drug-likeness (QED) is 0.768. The lowest BCUT2D eigenvalue weighted by Gasteiger charge is -2.09. The average molecular weight is 212 g/mol. The first-order valence-corrected chi connectivity index (χ1v) is 4.51. The summed E-state index contributed by atoms with van der Waals surface area (Å²) in [6.45, 7) is 0. The van der Waals surface area contributed by atoms with Crippen molar-refractivity contribution in [2.75, 3.05) is 0 Å². The second kappa shape index (κ2) is 4.77. The van der Waals surface area contributed by atoms with Crippen LogP contribution in [-0.4, -0.2) is 12.2 Å². The van der Waals surface area contributed by atoms with E-state index >= 15 is 0 Å². The van der Waals surface area contributed by atoms with Crippen molar-refractivity contribution in [1.82, 2.24) is 0 Å². The summed E-state index contributed by atoms with van der Waals surface area (Å²) in [5, 5.41) is 0.586. The van der Waals surface area contributed by atoms with Gasteiger partial charge in [0.1, 0.15) is 6.29 Å². The molecule has 0 radical (unpaired) electrons. The molecule has 3 nitrogen and oxygen atoms in total. The molecule has 0 aliphatic heterocycles. The van der Waals surface area contributed by atoms with Crippen LogP contribution < -0.4 is 5.73 Å². The minimum Gasteiger partial charge on any atom is -0.369 e. The standard InChI is InChI=1S/C10H10ClNO2/c11-8-3-1-7(2-4-8)9(5-6-13)10(12)14/h1-4,6,9H,5H2,(H2,12,14). The van der Waals surface area contributed by atoms with Crippen LogP contribution in [0.5, 0.6) is 0 Å². The van der Waals surface area contributed by atoms with Crippen molar-refractivity contribution < 1.29 is 9.59 Å². The van der Waals surface area contributed by atoms with Crippen LogP contribution in [0.4, 0.5) is 0 Å². The fourth-order valence-corrected chi connectivity index (χ4v) is 1.33. The SMILES string of the molecule is NC(=O)C(CC=O)c1ccc(Cl)cc1. The van der Waals surface area contributed by atoms with Gasteiger partial charge in [0.25, 0.3) is 0 Å². The van der Waals surface area contributed by atoms with Crippen molar-refractivity contribution in [2.45, 2.75) is 12.3 Å². The summed E-state index contributed by atoms with van der Waals surface area (Å²) in [7, 11) is 0. The zero-order valence-electron chi connectivity index (χ0n) is 7.44. The number of primary amides is 1. The van der Waals surface area contributed by atoms with Crippen LogP contribution in [0.2, 0.25) is 5.02 Å². The Balaban J connectivity index is 2.93. The topological polar surface area (TPSA) is 60.2 Å². The number of carbonyl (C=O) groups is 2. The Morgan fingerprint density at radius 1 is 1.43 bits per heavy atom. The fourth-order valence-electron chi connectivity index (χ4n) is 1.21. The molecule has 1 rings (SSSR count). The predicted octanol–water partition coefficient (Wildman–Crippen LogP) is 1.50. The summed E-state index contributed by atoms with van der Waals surface area (Å²) < 4.78 is 0. The number of rotatable bonds is 4. The van der Waals surface area contributed by atoms with Gasteiger partial charge in [-0.15, -0.1) is 0 Å². The van der Waals surface area contributed by atoms with Gasteiger partial charge < -0.3 is 10.5 Å². The normalized spacial score (nSPS) is 12.1. The molecule has 0 aromatic heterocycles. The van der Waals surface area contributed by atoms with Crippen molar-refractivity contribution in [1.29, 1.82) is 0 Å². The van der Waals surface area contributed by atoms with Crippen molar-refractivity contribution >= 4 is 23.8 Å². The molecule has 4 heteroatoms. The zero-order valence-corrected chi connectivity index (χ0v) is 8.20. The van der Waals surface area contributed by atoms with Crippen molar-refractivity contribution in [2.24, 2.45) is 5.73 Å². The summed E-state index contributed by atoms with van der Waals surface area (Å²) in [5.74, 6) is -1.05. The van der Waals surface area contributed by atoms with Crippen LogP contribution in [0.15, 0.2) is 24.3 Å². The van der Waals surface area contributed by atoms with Gasteiger partial charge >= 0.3 is 0 Å². The van der Waals surface area contributed by atoms with Crippen LogP contribution in [0.25, 0.3) is 0 Å². The minimum atomic E-state index is -0.551. The molecule has 74 valence electrons. The third-order valence-corrected chi connectivity index (χ3v) is 2.20. The van der Waals surface area contributed by atoms with E-state index in [1.807, 2.05) is 0 Å². The molecule has 0 aliphatic carbocycles. The molecule has 0 aliphatic rings. The maximum Gasteiger partial charge on any atom is 0.225 e. The number of amides is 1. The van der Waals surface area contributed by atoms with Gasteiger partial charge in [-0.05, 0) is 17.7 Å². The molecular weight excluding hydrogens is 202 g/mol. The average Bonchev–Trinajstić information content (AvgIpc) is 2.15. The van der Waals surface area contributed by atoms with Gasteiger partial charge in [0, 0.05) is 11.4 Å². The van der Waals surface area contributed by atoms with Gasteiger partial charge in [-0.2, -0.15) is 0 Å². The van der Waals surface area contributed by atoms with E-state index in [4.69, 9.17) is 17.3 Å². The first-order chi connectivity index (χ1) is 6.65. The van der Waals surface area contributed by atoms with Gasteiger partial charge in [-0.25, -0.2) is 0 Å². The third kappa shape index (κ3) is 2.57. The van der Waals surface area contributed by atoms with Crippen molar-refractivity contribution in [3.05, 3.63) is 34.9 Å². The van der Waals surface area contributed by atoms with Crippen LogP contribution >= 0.6 is 11.6 Å². The molecule has 1 aromatic rings. The van der Waals surface area contributed by atoms with Gasteiger partial charge in [-0.3, -0.25) is 4.79 Å². The molecule has 0 saturated carbocycles. The molecule has 1 amide bonds. The van der Waals surface area contributed by atoms with Crippen LogP contribution in [0.3, 0.4) is 0 Å². The lowest BCUT2D eigenvalue weighted by atomic mass is 9.96. The Hall–Kier alpha value is -1.35. The summed E-state index contributed by atoms with van der Waals surface area (Å²) in [4.78, 5) is 21.3. The smallest absolute Gasteiger partial charge is 0.225 e. The number of hydrogen-bond donors (Lipinski definition) is 1. The highest BCUT2D eigenvalue weighted by atomic mass is 35.5. The second-order valence-electron chi connectivity index (χ2n) is 2.91. The Bertz CT molecular complexity index is 334. The summed E-state index contributed by atoms with van der Waals surface area (Å²) >= 11 is 5.69. The van der Waals surface area contributed by atoms with E-state index in [1.165, 1.54) is 0 Å². The van der Waals surface area contributed by atoms with Crippen LogP contribution in [0.1, 0.15) is 17.9 Å². The first-order valence-electron chi connectivity index (χ1n) is 4.13. The van der Waals surface area contributed by atoms with E-state index in [1.54, 1.807) is 24.3 Å². The monoisotopic (exact) mass is 211 g/mol. The molecule has 1 atom stereocenters. The molecule has 0 bridgehead atoms. The minimum absolute atomic E-state index is 0.108. The van der Waals surface area contributed by atoms with Gasteiger partial charge in [0.05, 0.1) is 5.92 Å².